The van der Waals surface area contributed by atoms with E-state index in [4.69, 9.17) is 0 Å². The van der Waals surface area contributed by atoms with Crippen molar-refractivity contribution in [3.05, 3.63) is 12.2 Å². The Kier molecular flexibility index (Phi) is 9.80. The molecule has 0 spiro atoms. The summed E-state index contributed by atoms with van der Waals surface area (Å²) in [4.78, 5) is 0. The van der Waals surface area contributed by atoms with Crippen molar-refractivity contribution in [3.8, 4) is 0 Å². The molecule has 37 heavy (non-hydrogen) atoms. The minimum Gasteiger partial charge on any atom is -0.0971 e. The van der Waals surface area contributed by atoms with Gasteiger partial charge in [0.15, 0.2) is 0 Å². The van der Waals surface area contributed by atoms with Crippen molar-refractivity contribution in [2.45, 2.75) is 183 Å². The Morgan fingerprint density at radius 2 is 0.703 bits per heavy atom. The fraction of sp³-hybridized carbons (Fsp3) is 0.943. The van der Waals surface area contributed by atoms with Gasteiger partial charge in [-0.25, -0.2) is 0 Å². The van der Waals surface area contributed by atoms with E-state index < -0.39 is 0 Å². The van der Waals surface area contributed by atoms with E-state index in [1.54, 1.807) is 109 Å². The number of rotatable bonds is 8. The predicted octanol–water partition coefficient (Wildman–Crippen LogP) is 11.5. The Balaban J connectivity index is 1.28. The molecule has 6 aliphatic rings. The Hall–Kier alpha value is 0.600. The molecule has 2 bridgehead atoms. The van der Waals surface area contributed by atoms with Crippen LogP contribution >= 0.6 is 15.8 Å². The van der Waals surface area contributed by atoms with Crippen LogP contribution in [0.15, 0.2) is 12.2 Å². The lowest BCUT2D eigenvalue weighted by atomic mass is 9.79. The molecule has 5 saturated carbocycles. The van der Waals surface area contributed by atoms with Gasteiger partial charge in [0.2, 0.25) is 0 Å². The van der Waals surface area contributed by atoms with Gasteiger partial charge in [-0.1, -0.05) is 119 Å². The van der Waals surface area contributed by atoms with Crippen LogP contribution in [0, 0.1) is 23.7 Å². The Bertz CT molecular complexity index is 626. The van der Waals surface area contributed by atoms with E-state index in [0.29, 0.717) is 0 Å². The smallest absolute Gasteiger partial charge is 0.0190 e. The predicted molar refractivity (Wildman–Crippen MR) is 168 cm³/mol. The van der Waals surface area contributed by atoms with Gasteiger partial charge in [-0.05, 0) is 115 Å². The summed E-state index contributed by atoms with van der Waals surface area (Å²) < 4.78 is 0. The molecule has 6 atom stereocenters. The minimum atomic E-state index is 0.193. The summed E-state index contributed by atoms with van der Waals surface area (Å²) >= 11 is 0. The van der Waals surface area contributed by atoms with E-state index in [2.05, 4.69) is 26.0 Å². The second kappa shape index (κ2) is 13.1. The largest absolute Gasteiger partial charge is 0.0971 e. The average molecular weight is 543 g/mol. The van der Waals surface area contributed by atoms with Crippen molar-refractivity contribution in [1.29, 1.82) is 0 Å². The summed E-state index contributed by atoms with van der Waals surface area (Å²) in [7, 11) is 0.385. The zero-order valence-corrected chi connectivity index (χ0v) is 26.5. The zero-order valence-electron chi connectivity index (χ0n) is 24.7. The van der Waals surface area contributed by atoms with Crippen LogP contribution in [0.5, 0.6) is 0 Å². The van der Waals surface area contributed by atoms with Gasteiger partial charge in [0.05, 0.1) is 0 Å². The van der Waals surface area contributed by atoms with E-state index in [1.165, 1.54) is 25.7 Å². The molecule has 210 valence electrons. The Morgan fingerprint density at radius 3 is 0.973 bits per heavy atom. The van der Waals surface area contributed by atoms with Crippen molar-refractivity contribution in [2.24, 2.45) is 23.7 Å². The van der Waals surface area contributed by atoms with Crippen LogP contribution < -0.4 is 0 Å². The van der Waals surface area contributed by atoms with E-state index >= 15 is 0 Å². The molecule has 0 N–H and O–H groups in total. The van der Waals surface area contributed by atoms with Crippen LogP contribution in [0.1, 0.15) is 149 Å². The highest BCUT2D eigenvalue weighted by Crippen LogP contribution is 2.69. The van der Waals surface area contributed by atoms with Crippen LogP contribution in [0.2, 0.25) is 0 Å². The lowest BCUT2D eigenvalue weighted by molar-refractivity contribution is 0.295. The summed E-state index contributed by atoms with van der Waals surface area (Å²) in [5.74, 6) is 3.97. The van der Waals surface area contributed by atoms with Gasteiger partial charge in [0, 0.05) is 0 Å². The van der Waals surface area contributed by atoms with Crippen LogP contribution in [-0.2, 0) is 0 Å². The molecule has 6 rings (SSSR count). The molecule has 0 radical (unpaired) electrons. The molecule has 0 aromatic carbocycles. The van der Waals surface area contributed by atoms with Crippen LogP contribution in [-0.4, -0.2) is 34.0 Å². The molecule has 2 heteroatoms. The first-order valence-electron chi connectivity index (χ1n) is 17.5. The normalized spacial score (nSPS) is 36.5. The van der Waals surface area contributed by atoms with Crippen LogP contribution in [0.4, 0.5) is 0 Å². The van der Waals surface area contributed by atoms with Crippen molar-refractivity contribution in [3.63, 3.8) is 0 Å². The first-order valence-corrected chi connectivity index (χ1v) is 20.6. The lowest BCUT2D eigenvalue weighted by Gasteiger charge is -2.50. The van der Waals surface area contributed by atoms with Gasteiger partial charge < -0.3 is 0 Å². The molecule has 6 aliphatic carbocycles. The van der Waals surface area contributed by atoms with Gasteiger partial charge in [0.25, 0.3) is 0 Å². The lowest BCUT2D eigenvalue weighted by Crippen LogP contribution is -2.40. The highest BCUT2D eigenvalue weighted by atomic mass is 31.1. The summed E-state index contributed by atoms with van der Waals surface area (Å²) in [6, 6.07) is 0. The summed E-state index contributed by atoms with van der Waals surface area (Å²) in [5, 5.41) is 0. The van der Waals surface area contributed by atoms with Crippen molar-refractivity contribution >= 4 is 15.8 Å². The van der Waals surface area contributed by atoms with E-state index in [9.17, 15) is 0 Å². The Morgan fingerprint density at radius 1 is 0.432 bits per heavy atom. The zero-order chi connectivity index (χ0) is 25.2. The van der Waals surface area contributed by atoms with Gasteiger partial charge in [-0.3, -0.25) is 0 Å². The topological polar surface area (TPSA) is 0 Å². The molecular weight excluding hydrogens is 482 g/mol. The third-order valence-corrected chi connectivity index (χ3v) is 20.6. The Labute approximate surface area is 233 Å². The maximum absolute atomic E-state index is 2.86. The third-order valence-electron chi connectivity index (χ3n) is 12.6. The first kappa shape index (κ1) is 27.8. The molecule has 0 aliphatic heterocycles. The number of fused-ring (bicyclic) bond motifs is 2. The molecule has 0 aromatic heterocycles. The molecule has 0 nitrogen and oxygen atoms in total. The minimum absolute atomic E-state index is 0.193. The molecule has 0 aromatic rings. The standard InChI is InChI=1S/C35H60P2/c1-26(36(30-15-7-3-8-16-30)31-17-9-4-10-18-31)34-28-23-24-29(25-28)35(34)27(2)37(32-19-11-5-12-20-32)33-21-13-6-14-22-33/h23-24,26-35H,3-22,25H2,1-2H3. The summed E-state index contributed by atoms with van der Waals surface area (Å²) in [6.45, 7) is 5.72. The van der Waals surface area contributed by atoms with Crippen molar-refractivity contribution < 1.29 is 0 Å². The first-order chi connectivity index (χ1) is 18.2. The van der Waals surface area contributed by atoms with Crippen LogP contribution in [0.3, 0.4) is 0 Å². The second-order valence-electron chi connectivity index (χ2n) is 14.6. The maximum Gasteiger partial charge on any atom is -0.0190 e. The second-order valence-corrected chi connectivity index (χ2v) is 21.0. The van der Waals surface area contributed by atoms with Gasteiger partial charge in [-0.15, -0.1) is 0 Å². The third kappa shape index (κ3) is 5.98. The fourth-order valence-corrected chi connectivity index (χ4v) is 20.4. The van der Waals surface area contributed by atoms with Crippen molar-refractivity contribution in [1.82, 2.24) is 0 Å². The van der Waals surface area contributed by atoms with E-state index in [1.807, 2.05) is 0 Å². The molecule has 0 amide bonds. The molecule has 0 saturated heterocycles. The monoisotopic (exact) mass is 542 g/mol. The SMILES string of the molecule is CC(C1C2C=CC(C2)C1C(C)P(C1CCCCC1)C1CCCCC1)P(C1CCCCC1)C1CCCCC1. The number of hydrogen-bond acceptors (Lipinski definition) is 0. The number of allylic oxidation sites excluding steroid dienone is 2. The van der Waals surface area contributed by atoms with Gasteiger partial charge >= 0.3 is 0 Å². The van der Waals surface area contributed by atoms with Crippen LogP contribution in [0.25, 0.3) is 0 Å². The summed E-state index contributed by atoms with van der Waals surface area (Å²) in [5.41, 5.74) is 6.56. The molecular formula is C35H60P2. The van der Waals surface area contributed by atoms with Gasteiger partial charge in [-0.2, -0.15) is 0 Å². The van der Waals surface area contributed by atoms with Gasteiger partial charge in [0.1, 0.15) is 0 Å². The highest BCUT2D eigenvalue weighted by Gasteiger charge is 2.53. The molecule has 6 unspecified atom stereocenters. The maximum atomic E-state index is 2.86. The molecule has 5 fully saturated rings. The quantitative estimate of drug-likeness (QED) is 0.211. The molecule has 0 heterocycles. The van der Waals surface area contributed by atoms with Crippen molar-refractivity contribution in [2.75, 3.05) is 0 Å². The average Bonchev–Trinajstić information content (AvgIpc) is 3.58. The highest BCUT2D eigenvalue weighted by molar-refractivity contribution is 7.60. The van der Waals surface area contributed by atoms with E-state index in [0.717, 1.165) is 57.6 Å². The summed E-state index contributed by atoms with van der Waals surface area (Å²) in [6.07, 6.45) is 38.4. The van der Waals surface area contributed by atoms with E-state index in [-0.39, 0.29) is 15.8 Å². The fourth-order valence-electron chi connectivity index (χ4n) is 11.1. The number of hydrogen-bond donors (Lipinski definition) is 0.